The lowest BCUT2D eigenvalue weighted by Crippen LogP contribution is -2.50. The highest BCUT2D eigenvalue weighted by molar-refractivity contribution is 7.89. The summed E-state index contributed by atoms with van der Waals surface area (Å²) < 4.78 is 59.6. The maximum atomic E-state index is 13.5. The number of hydrogen-bond donors (Lipinski definition) is 1. The number of likely N-dealkylation sites (N-methyl/N-ethyl adjacent to an activating group) is 1. The van der Waals surface area contributed by atoms with Crippen molar-refractivity contribution in [1.82, 2.24) is 13.6 Å². The van der Waals surface area contributed by atoms with E-state index in [1.807, 2.05) is 6.92 Å². The van der Waals surface area contributed by atoms with Gasteiger partial charge < -0.3 is 9.84 Å². The zero-order chi connectivity index (χ0) is 23.7. The number of ether oxygens (including phenoxy) is 1. The Kier molecular flexibility index (Phi) is 7.25. The molecule has 1 aromatic heterocycles. The van der Waals surface area contributed by atoms with Gasteiger partial charge in [0.15, 0.2) is 0 Å². The molecule has 1 aliphatic rings. The summed E-state index contributed by atoms with van der Waals surface area (Å²) in [7, 11) is -5.96. The van der Waals surface area contributed by atoms with Crippen LogP contribution in [-0.4, -0.2) is 80.7 Å². The van der Waals surface area contributed by atoms with Crippen LogP contribution in [0.1, 0.15) is 13.8 Å². The fourth-order valence-corrected chi connectivity index (χ4v) is 5.80. The molecule has 0 aliphatic carbocycles. The van der Waals surface area contributed by atoms with Crippen LogP contribution in [0.3, 0.4) is 0 Å². The Hall–Kier alpha value is -2.05. The Balaban J connectivity index is 2.14. The number of aromatic nitrogens is 1. The lowest BCUT2D eigenvalue weighted by molar-refractivity contribution is 0.0906. The molecular formula is C21H29N3O6S2. The van der Waals surface area contributed by atoms with Gasteiger partial charge in [-0.2, -0.15) is 4.31 Å². The minimum Gasteiger partial charge on any atom is -0.487 e. The molecule has 0 bridgehead atoms. The fraction of sp³-hybridized carbons (Fsp3) is 0.476. The minimum absolute atomic E-state index is 0.0190. The Morgan fingerprint density at radius 3 is 2.50 bits per heavy atom. The maximum Gasteiger partial charge on any atom is 0.247 e. The SMILES string of the molecule is C[C@@H]1CN([C@@H](C)CO)S(=O)(=O)c2ccc(-c3ccncc3)cc2O[C@H]1CN(C)S(C)(=O)=O. The molecule has 0 amide bonds. The third-order valence-corrected chi connectivity index (χ3v) is 8.98. The van der Waals surface area contributed by atoms with Gasteiger partial charge in [0.05, 0.1) is 19.4 Å². The van der Waals surface area contributed by atoms with Crippen LogP contribution < -0.4 is 4.74 Å². The molecule has 1 aromatic carbocycles. The van der Waals surface area contributed by atoms with E-state index in [2.05, 4.69) is 4.98 Å². The third kappa shape index (κ3) is 5.12. The minimum atomic E-state index is -3.96. The van der Waals surface area contributed by atoms with Crippen molar-refractivity contribution in [1.29, 1.82) is 0 Å². The number of hydrogen-bond acceptors (Lipinski definition) is 7. The standard InChI is InChI=1S/C21H29N3O6S2/c1-15-12-24(16(2)14-25)32(28,29)21-6-5-18(17-7-9-22-10-8-17)11-19(21)30-20(15)13-23(3)31(4,26)27/h5-11,15-16,20,25H,12-14H2,1-4H3/t15-,16+,20+/m1/s1. The average Bonchev–Trinajstić information content (AvgIpc) is 2.75. The molecule has 9 nitrogen and oxygen atoms in total. The van der Waals surface area contributed by atoms with Crippen LogP contribution in [0.5, 0.6) is 5.75 Å². The van der Waals surface area contributed by atoms with Crippen molar-refractivity contribution in [2.45, 2.75) is 30.9 Å². The van der Waals surface area contributed by atoms with Gasteiger partial charge in [-0.05, 0) is 42.3 Å². The van der Waals surface area contributed by atoms with Gasteiger partial charge in [0.1, 0.15) is 16.7 Å². The van der Waals surface area contributed by atoms with E-state index in [-0.39, 0.29) is 36.3 Å². The van der Waals surface area contributed by atoms with Gasteiger partial charge in [-0.15, -0.1) is 0 Å². The summed E-state index contributed by atoms with van der Waals surface area (Å²) in [5.74, 6) is -0.200. The maximum absolute atomic E-state index is 13.5. The van der Waals surface area contributed by atoms with Crippen LogP contribution in [-0.2, 0) is 20.0 Å². The normalized spacial score (nSPS) is 22.4. The summed E-state index contributed by atoms with van der Waals surface area (Å²) in [5.41, 5.74) is 1.58. The van der Waals surface area contributed by atoms with E-state index >= 15 is 0 Å². The smallest absolute Gasteiger partial charge is 0.247 e. The molecule has 1 N–H and O–H groups in total. The molecule has 11 heteroatoms. The van der Waals surface area contributed by atoms with E-state index in [0.29, 0.717) is 0 Å². The molecule has 0 unspecified atom stereocenters. The van der Waals surface area contributed by atoms with E-state index < -0.39 is 32.2 Å². The summed E-state index contributed by atoms with van der Waals surface area (Å²) in [4.78, 5) is 3.99. The van der Waals surface area contributed by atoms with Gasteiger partial charge in [0.2, 0.25) is 20.0 Å². The number of nitrogens with zero attached hydrogens (tertiary/aromatic N) is 3. The molecule has 176 valence electrons. The molecule has 1 aliphatic heterocycles. The van der Waals surface area contributed by atoms with E-state index in [9.17, 15) is 21.9 Å². The summed E-state index contributed by atoms with van der Waals surface area (Å²) >= 11 is 0. The Morgan fingerprint density at radius 1 is 1.25 bits per heavy atom. The van der Waals surface area contributed by atoms with E-state index in [0.717, 1.165) is 17.4 Å². The molecule has 3 rings (SSSR count). The molecule has 2 heterocycles. The van der Waals surface area contributed by atoms with Crippen LogP contribution in [0.4, 0.5) is 0 Å². The molecule has 0 fully saturated rings. The van der Waals surface area contributed by atoms with Crippen molar-refractivity contribution >= 4 is 20.0 Å². The lowest BCUT2D eigenvalue weighted by atomic mass is 10.0. The number of rotatable bonds is 6. The Bertz CT molecular complexity index is 1160. The lowest BCUT2D eigenvalue weighted by Gasteiger charge is -2.37. The highest BCUT2D eigenvalue weighted by Crippen LogP contribution is 2.36. The monoisotopic (exact) mass is 483 g/mol. The van der Waals surface area contributed by atoms with Crippen molar-refractivity contribution in [3.8, 4) is 16.9 Å². The Labute approximate surface area is 189 Å². The summed E-state index contributed by atoms with van der Waals surface area (Å²) in [6, 6.07) is 7.79. The van der Waals surface area contributed by atoms with Gasteiger partial charge in [-0.25, -0.2) is 21.1 Å². The number of benzene rings is 1. The topological polar surface area (TPSA) is 117 Å². The Morgan fingerprint density at radius 2 is 1.91 bits per heavy atom. The molecule has 32 heavy (non-hydrogen) atoms. The second-order valence-corrected chi connectivity index (χ2v) is 12.1. The van der Waals surface area contributed by atoms with Crippen LogP contribution in [0.2, 0.25) is 0 Å². The molecule has 3 atom stereocenters. The molecule has 2 aromatic rings. The largest absolute Gasteiger partial charge is 0.487 e. The molecule has 0 saturated carbocycles. The van der Waals surface area contributed by atoms with Gasteiger partial charge >= 0.3 is 0 Å². The van der Waals surface area contributed by atoms with E-state index in [4.69, 9.17) is 4.74 Å². The fourth-order valence-electron chi connectivity index (χ4n) is 3.56. The van der Waals surface area contributed by atoms with E-state index in [1.165, 1.54) is 21.7 Å². The predicted molar refractivity (Wildman–Crippen MR) is 121 cm³/mol. The second-order valence-electron chi connectivity index (χ2n) is 8.18. The highest BCUT2D eigenvalue weighted by Gasteiger charge is 2.38. The highest BCUT2D eigenvalue weighted by atomic mass is 32.2. The quantitative estimate of drug-likeness (QED) is 0.660. The first-order valence-electron chi connectivity index (χ1n) is 10.2. The summed E-state index contributed by atoms with van der Waals surface area (Å²) in [6.45, 7) is 3.24. The number of pyridine rings is 1. The van der Waals surface area contributed by atoms with Crippen LogP contribution in [0, 0.1) is 5.92 Å². The van der Waals surface area contributed by atoms with Gasteiger partial charge in [-0.1, -0.05) is 13.0 Å². The van der Waals surface area contributed by atoms with Gasteiger partial charge in [0, 0.05) is 37.9 Å². The number of aliphatic hydroxyl groups is 1. The number of sulfonamides is 2. The van der Waals surface area contributed by atoms with Crippen molar-refractivity contribution in [3.05, 3.63) is 42.7 Å². The summed E-state index contributed by atoms with van der Waals surface area (Å²) in [5, 5.41) is 9.70. The number of fused-ring (bicyclic) bond motifs is 1. The van der Waals surface area contributed by atoms with Crippen LogP contribution in [0.15, 0.2) is 47.6 Å². The first-order chi connectivity index (χ1) is 14.9. The predicted octanol–water partition coefficient (Wildman–Crippen LogP) is 1.41. The third-order valence-electron chi connectivity index (χ3n) is 5.68. The van der Waals surface area contributed by atoms with Gasteiger partial charge in [-0.3, -0.25) is 4.98 Å². The zero-order valence-electron chi connectivity index (χ0n) is 18.5. The number of aliphatic hydroxyl groups excluding tert-OH is 1. The van der Waals surface area contributed by atoms with Crippen molar-refractivity contribution < 1.29 is 26.7 Å². The second kappa shape index (κ2) is 9.44. The average molecular weight is 484 g/mol. The molecule has 0 saturated heterocycles. The molecular weight excluding hydrogens is 454 g/mol. The van der Waals surface area contributed by atoms with Crippen molar-refractivity contribution in [2.75, 3.05) is 33.0 Å². The van der Waals surface area contributed by atoms with Gasteiger partial charge in [0.25, 0.3) is 0 Å². The van der Waals surface area contributed by atoms with Crippen LogP contribution in [0.25, 0.3) is 11.1 Å². The van der Waals surface area contributed by atoms with Crippen molar-refractivity contribution in [3.63, 3.8) is 0 Å². The first kappa shape index (κ1) is 24.6. The van der Waals surface area contributed by atoms with Crippen LogP contribution >= 0.6 is 0 Å². The molecule has 0 spiro atoms. The molecule has 0 radical (unpaired) electrons. The zero-order valence-corrected chi connectivity index (χ0v) is 20.2. The summed E-state index contributed by atoms with van der Waals surface area (Å²) in [6.07, 6.45) is 3.78. The van der Waals surface area contributed by atoms with E-state index in [1.54, 1.807) is 43.6 Å². The first-order valence-corrected chi connectivity index (χ1v) is 13.5. The van der Waals surface area contributed by atoms with Crippen molar-refractivity contribution in [2.24, 2.45) is 5.92 Å².